The van der Waals surface area contributed by atoms with Gasteiger partial charge in [-0.25, -0.2) is 4.79 Å². The smallest absolute Gasteiger partial charge is 0.335 e. The van der Waals surface area contributed by atoms with Crippen molar-refractivity contribution >= 4 is 23.5 Å². The summed E-state index contributed by atoms with van der Waals surface area (Å²) in [5.74, 6) is -1.91. The van der Waals surface area contributed by atoms with Crippen LogP contribution in [0.5, 0.6) is 0 Å². The van der Waals surface area contributed by atoms with E-state index in [0.29, 0.717) is 11.3 Å². The lowest BCUT2D eigenvalue weighted by Gasteiger charge is -2.12. The second-order valence-corrected chi connectivity index (χ2v) is 3.91. The Morgan fingerprint density at radius 3 is 2.30 bits per heavy atom. The molecule has 8 nitrogen and oxygen atoms in total. The topological polar surface area (TPSA) is 148 Å². The van der Waals surface area contributed by atoms with Crippen LogP contribution in [0.25, 0.3) is 0 Å². The zero-order valence-corrected chi connectivity index (χ0v) is 10.7. The van der Waals surface area contributed by atoms with E-state index in [1.54, 1.807) is 0 Å². The number of aromatic carboxylic acids is 1. The van der Waals surface area contributed by atoms with Crippen molar-refractivity contribution in [3.63, 3.8) is 0 Å². The molecule has 0 aromatic heterocycles. The lowest BCUT2D eigenvalue weighted by atomic mass is 10.1. The minimum atomic E-state index is -1.10. The van der Waals surface area contributed by atoms with E-state index in [1.165, 1.54) is 18.2 Å². The summed E-state index contributed by atoms with van der Waals surface area (Å²) in [5, 5.41) is 14.0. The Labute approximate surface area is 115 Å². The van der Waals surface area contributed by atoms with E-state index in [1.807, 2.05) is 0 Å². The van der Waals surface area contributed by atoms with Crippen LogP contribution in [0.1, 0.15) is 15.9 Å². The highest BCUT2D eigenvalue weighted by Crippen LogP contribution is 2.17. The molecular weight excluding hydrogens is 264 g/mol. The van der Waals surface area contributed by atoms with Gasteiger partial charge in [-0.3, -0.25) is 9.59 Å². The molecule has 0 atom stereocenters. The van der Waals surface area contributed by atoms with Gasteiger partial charge in [-0.05, 0) is 23.8 Å². The molecular formula is C12H16N4O4. The first-order chi connectivity index (χ1) is 9.47. The van der Waals surface area contributed by atoms with E-state index in [-0.39, 0.29) is 31.1 Å². The minimum absolute atomic E-state index is 0.0488. The molecule has 0 bridgehead atoms. The molecule has 2 amide bonds. The molecule has 0 aliphatic carbocycles. The summed E-state index contributed by atoms with van der Waals surface area (Å²) in [6.45, 7) is -0.324. The second-order valence-electron chi connectivity index (χ2n) is 3.91. The van der Waals surface area contributed by atoms with Crippen molar-refractivity contribution in [2.24, 2.45) is 11.5 Å². The summed E-state index contributed by atoms with van der Waals surface area (Å²) in [5.41, 5.74) is 11.3. The van der Waals surface area contributed by atoms with E-state index >= 15 is 0 Å². The quantitative estimate of drug-likeness (QED) is 0.444. The fourth-order valence-corrected chi connectivity index (χ4v) is 1.46. The van der Waals surface area contributed by atoms with Gasteiger partial charge >= 0.3 is 5.97 Å². The second kappa shape index (κ2) is 7.22. The summed E-state index contributed by atoms with van der Waals surface area (Å²) in [6.07, 6.45) is 0. The van der Waals surface area contributed by atoms with Gasteiger partial charge in [-0.15, -0.1) is 0 Å². The van der Waals surface area contributed by atoms with Gasteiger partial charge in [0.2, 0.25) is 11.8 Å². The van der Waals surface area contributed by atoms with Crippen LogP contribution in [0.2, 0.25) is 0 Å². The number of nitrogens with two attached hydrogens (primary N) is 2. The lowest BCUT2D eigenvalue weighted by Crippen LogP contribution is -2.30. The minimum Gasteiger partial charge on any atom is -0.478 e. The molecule has 0 aliphatic rings. The van der Waals surface area contributed by atoms with Crippen LogP contribution in [0.3, 0.4) is 0 Å². The van der Waals surface area contributed by atoms with Crippen molar-refractivity contribution in [2.45, 2.75) is 6.54 Å². The van der Waals surface area contributed by atoms with Crippen molar-refractivity contribution in [3.8, 4) is 0 Å². The highest BCUT2D eigenvalue weighted by atomic mass is 16.4. The highest BCUT2D eigenvalue weighted by Gasteiger charge is 2.11. The molecule has 7 N–H and O–H groups in total. The molecule has 0 fully saturated rings. The third-order valence-corrected chi connectivity index (χ3v) is 2.47. The maximum Gasteiger partial charge on any atom is 0.335 e. The Hall–Kier alpha value is -2.45. The number of rotatable bonds is 6. The van der Waals surface area contributed by atoms with Crippen LogP contribution in [0.4, 0.5) is 5.69 Å². The summed E-state index contributed by atoms with van der Waals surface area (Å²) < 4.78 is 0. The molecule has 0 saturated heterocycles. The fraction of sp³-hybridized carbons (Fsp3) is 0.250. The van der Waals surface area contributed by atoms with E-state index in [2.05, 4.69) is 10.6 Å². The summed E-state index contributed by atoms with van der Waals surface area (Å²) in [6, 6.07) is 4.16. The van der Waals surface area contributed by atoms with Crippen molar-refractivity contribution in [3.05, 3.63) is 29.3 Å². The fourth-order valence-electron chi connectivity index (χ4n) is 1.46. The van der Waals surface area contributed by atoms with Crippen LogP contribution < -0.4 is 22.1 Å². The molecule has 8 heteroatoms. The lowest BCUT2D eigenvalue weighted by molar-refractivity contribution is -0.119. The first-order valence-corrected chi connectivity index (χ1v) is 5.80. The van der Waals surface area contributed by atoms with Gasteiger partial charge in [0, 0.05) is 12.2 Å². The first-order valence-electron chi connectivity index (χ1n) is 5.80. The number of carboxylic acids is 1. The van der Waals surface area contributed by atoms with Crippen LogP contribution in [-0.4, -0.2) is 36.0 Å². The third-order valence-electron chi connectivity index (χ3n) is 2.47. The number of nitrogens with one attached hydrogen (secondary N) is 2. The Bertz CT molecular complexity index is 530. The number of hydrogen-bond acceptors (Lipinski definition) is 5. The van der Waals surface area contributed by atoms with E-state index in [0.717, 1.165) is 0 Å². The molecule has 0 heterocycles. The van der Waals surface area contributed by atoms with Crippen molar-refractivity contribution < 1.29 is 19.5 Å². The molecule has 1 aromatic rings. The standard InChI is InChI=1S/C12H16N4O4/c13-4-10(17)15-6-8-3-7(12(19)20)1-2-9(8)16-11(18)5-14/h1-3H,4-6,13-14H2,(H,15,17)(H,16,18)(H,19,20). The molecule has 0 spiro atoms. The number of anilines is 1. The van der Waals surface area contributed by atoms with Crippen LogP contribution in [0.15, 0.2) is 18.2 Å². The number of amides is 2. The number of hydrogen-bond donors (Lipinski definition) is 5. The molecule has 0 aliphatic heterocycles. The largest absolute Gasteiger partial charge is 0.478 e. The first kappa shape index (κ1) is 15.6. The summed E-state index contributed by atoms with van der Waals surface area (Å²) in [7, 11) is 0. The Morgan fingerprint density at radius 1 is 1.10 bits per heavy atom. The maximum absolute atomic E-state index is 11.3. The van der Waals surface area contributed by atoms with Crippen molar-refractivity contribution in [2.75, 3.05) is 18.4 Å². The molecule has 1 aromatic carbocycles. The Kier molecular flexibility index (Phi) is 5.63. The summed E-state index contributed by atoms with van der Waals surface area (Å²) >= 11 is 0. The number of carboxylic acid groups (broad SMARTS) is 1. The maximum atomic E-state index is 11.3. The van der Waals surface area contributed by atoms with Gasteiger partial charge in [0.15, 0.2) is 0 Å². The summed E-state index contributed by atoms with van der Waals surface area (Å²) in [4.78, 5) is 33.3. The highest BCUT2D eigenvalue weighted by molar-refractivity contribution is 5.94. The normalized spacial score (nSPS) is 9.90. The zero-order chi connectivity index (χ0) is 15.1. The van der Waals surface area contributed by atoms with E-state index < -0.39 is 11.9 Å². The van der Waals surface area contributed by atoms with Crippen LogP contribution >= 0.6 is 0 Å². The predicted molar refractivity (Wildman–Crippen MR) is 72.0 cm³/mol. The van der Waals surface area contributed by atoms with Crippen LogP contribution in [-0.2, 0) is 16.1 Å². The number of carbonyl (C=O) groups is 3. The average Bonchev–Trinajstić information content (AvgIpc) is 2.45. The third kappa shape index (κ3) is 4.34. The van der Waals surface area contributed by atoms with Gasteiger partial charge in [0.05, 0.1) is 18.7 Å². The molecule has 0 radical (unpaired) electrons. The number of carbonyl (C=O) groups excluding carboxylic acids is 2. The van der Waals surface area contributed by atoms with Crippen LogP contribution in [0, 0.1) is 0 Å². The van der Waals surface area contributed by atoms with Gasteiger partial charge in [0.1, 0.15) is 0 Å². The SMILES string of the molecule is NCC(=O)NCc1cc(C(=O)O)ccc1NC(=O)CN. The zero-order valence-electron chi connectivity index (χ0n) is 10.7. The van der Waals surface area contributed by atoms with E-state index in [4.69, 9.17) is 16.6 Å². The molecule has 1 rings (SSSR count). The van der Waals surface area contributed by atoms with Gasteiger partial charge in [-0.2, -0.15) is 0 Å². The molecule has 108 valence electrons. The number of benzene rings is 1. The monoisotopic (exact) mass is 280 g/mol. The molecule has 0 saturated carbocycles. The predicted octanol–water partition coefficient (Wildman–Crippen LogP) is -1.14. The average molecular weight is 280 g/mol. The van der Waals surface area contributed by atoms with Gasteiger partial charge in [0.25, 0.3) is 0 Å². The van der Waals surface area contributed by atoms with E-state index in [9.17, 15) is 14.4 Å². The van der Waals surface area contributed by atoms with Gasteiger partial charge in [-0.1, -0.05) is 0 Å². The Morgan fingerprint density at radius 2 is 1.75 bits per heavy atom. The Balaban J connectivity index is 2.99. The van der Waals surface area contributed by atoms with Crippen molar-refractivity contribution in [1.29, 1.82) is 0 Å². The molecule has 20 heavy (non-hydrogen) atoms. The molecule has 0 unspecified atom stereocenters. The van der Waals surface area contributed by atoms with Crippen molar-refractivity contribution in [1.82, 2.24) is 5.32 Å². The van der Waals surface area contributed by atoms with Gasteiger partial charge < -0.3 is 27.2 Å².